The van der Waals surface area contributed by atoms with Crippen LogP contribution in [0.3, 0.4) is 0 Å². The molecule has 2 amide bonds. The van der Waals surface area contributed by atoms with E-state index in [1.807, 2.05) is 41.3 Å². The Kier molecular flexibility index (Phi) is 6.84. The summed E-state index contributed by atoms with van der Waals surface area (Å²) in [4.78, 5) is 36.9. The number of amides is 2. The number of anilines is 1. The lowest BCUT2D eigenvalue weighted by molar-refractivity contribution is -0.135. The summed E-state index contributed by atoms with van der Waals surface area (Å²) in [6.07, 6.45) is 10.3. The van der Waals surface area contributed by atoms with Gasteiger partial charge in [-0.25, -0.2) is 0 Å². The Morgan fingerprint density at radius 3 is 2.35 bits per heavy atom. The highest BCUT2D eigenvalue weighted by Crippen LogP contribution is 2.39. The predicted octanol–water partition coefficient (Wildman–Crippen LogP) is 5.17. The summed E-state index contributed by atoms with van der Waals surface area (Å²) in [5.41, 5.74) is 3.47. The maximum absolute atomic E-state index is 13.6. The van der Waals surface area contributed by atoms with E-state index in [9.17, 15) is 9.59 Å². The summed E-state index contributed by atoms with van der Waals surface area (Å²) in [5, 5.41) is 3.00. The Hall–Kier alpha value is -3.28. The Balaban J connectivity index is 1.16. The number of hydrogen-bond donors (Lipinski definition) is 1. The monoisotopic (exact) mass is 456 g/mol. The second kappa shape index (κ2) is 10.3. The molecule has 0 spiro atoms. The third kappa shape index (κ3) is 5.11. The number of nitrogens with zero attached hydrogens (tertiary/aromatic N) is 3. The predicted molar refractivity (Wildman–Crippen MR) is 133 cm³/mol. The van der Waals surface area contributed by atoms with Gasteiger partial charge < -0.3 is 10.2 Å². The molecule has 6 nitrogen and oxygen atoms in total. The van der Waals surface area contributed by atoms with Crippen molar-refractivity contribution in [3.63, 3.8) is 0 Å². The van der Waals surface area contributed by atoms with Crippen molar-refractivity contribution in [1.82, 2.24) is 14.9 Å². The Bertz CT molecular complexity index is 1140. The van der Waals surface area contributed by atoms with E-state index in [1.54, 1.807) is 12.4 Å². The first kappa shape index (κ1) is 22.5. The molecule has 1 aliphatic carbocycles. The van der Waals surface area contributed by atoms with Crippen molar-refractivity contribution in [2.45, 2.75) is 50.9 Å². The van der Waals surface area contributed by atoms with E-state index in [-0.39, 0.29) is 17.7 Å². The van der Waals surface area contributed by atoms with Gasteiger partial charge >= 0.3 is 0 Å². The zero-order chi connectivity index (χ0) is 23.3. The Morgan fingerprint density at radius 1 is 0.912 bits per heavy atom. The molecular formula is C28H32N4O2. The van der Waals surface area contributed by atoms with Gasteiger partial charge in [-0.05, 0) is 61.3 Å². The van der Waals surface area contributed by atoms with Gasteiger partial charge in [-0.2, -0.15) is 0 Å². The maximum Gasteiger partial charge on any atom is 0.230 e. The molecule has 3 aromatic rings. The molecule has 0 radical (unpaired) electrons. The van der Waals surface area contributed by atoms with Crippen molar-refractivity contribution in [3.05, 3.63) is 66.5 Å². The van der Waals surface area contributed by atoms with Gasteiger partial charge in [0.2, 0.25) is 11.8 Å². The van der Waals surface area contributed by atoms with Crippen LogP contribution in [0.25, 0.3) is 11.0 Å². The van der Waals surface area contributed by atoms with Crippen LogP contribution in [0.5, 0.6) is 0 Å². The molecule has 0 bridgehead atoms. The molecule has 1 N–H and O–H groups in total. The van der Waals surface area contributed by atoms with Gasteiger partial charge in [0.15, 0.2) is 0 Å². The number of rotatable bonds is 6. The average Bonchev–Trinajstić information content (AvgIpc) is 3.39. The van der Waals surface area contributed by atoms with Gasteiger partial charge in [0, 0.05) is 37.6 Å². The van der Waals surface area contributed by atoms with Crippen molar-refractivity contribution in [2.24, 2.45) is 11.8 Å². The summed E-state index contributed by atoms with van der Waals surface area (Å²) in [6.45, 7) is 1.47. The fourth-order valence-corrected chi connectivity index (χ4v) is 5.64. The minimum atomic E-state index is -0.0282. The number of nitrogens with one attached hydrogen (secondary N) is 1. The summed E-state index contributed by atoms with van der Waals surface area (Å²) in [6, 6.07) is 15.9. The SMILES string of the molecule is O=C(CC1CCN(C(=O)[C@H](c2ccccc2)C2CCCC2)CC1)Nc1ccc2nccnc2c1. The molecule has 1 aliphatic heterocycles. The van der Waals surface area contributed by atoms with Crippen LogP contribution < -0.4 is 5.32 Å². The second-order valence-corrected chi connectivity index (χ2v) is 9.71. The first-order valence-electron chi connectivity index (χ1n) is 12.5. The van der Waals surface area contributed by atoms with Crippen molar-refractivity contribution in [3.8, 4) is 0 Å². The van der Waals surface area contributed by atoms with Gasteiger partial charge in [0.25, 0.3) is 0 Å². The van der Waals surface area contributed by atoms with Gasteiger partial charge in [0.1, 0.15) is 0 Å². The number of carbonyl (C=O) groups is 2. The molecule has 2 aliphatic rings. The van der Waals surface area contributed by atoms with Gasteiger partial charge in [0.05, 0.1) is 17.0 Å². The quantitative estimate of drug-likeness (QED) is 0.555. The van der Waals surface area contributed by atoms with Gasteiger partial charge in [-0.1, -0.05) is 43.2 Å². The fourth-order valence-electron chi connectivity index (χ4n) is 5.64. The van der Waals surface area contributed by atoms with Crippen LogP contribution in [0.1, 0.15) is 56.4 Å². The molecule has 6 heteroatoms. The van der Waals surface area contributed by atoms with Crippen molar-refractivity contribution in [2.75, 3.05) is 18.4 Å². The summed E-state index contributed by atoms with van der Waals surface area (Å²) in [7, 11) is 0. The summed E-state index contributed by atoms with van der Waals surface area (Å²) >= 11 is 0. The van der Waals surface area contributed by atoms with Crippen LogP contribution in [0.2, 0.25) is 0 Å². The highest BCUT2D eigenvalue weighted by molar-refractivity contribution is 5.93. The highest BCUT2D eigenvalue weighted by Gasteiger charge is 2.36. The number of carbonyl (C=O) groups excluding carboxylic acids is 2. The topological polar surface area (TPSA) is 75.2 Å². The number of aromatic nitrogens is 2. The van der Waals surface area contributed by atoms with E-state index >= 15 is 0 Å². The van der Waals surface area contributed by atoms with Crippen LogP contribution in [0, 0.1) is 11.8 Å². The van der Waals surface area contributed by atoms with E-state index in [2.05, 4.69) is 27.4 Å². The van der Waals surface area contributed by atoms with Crippen molar-refractivity contribution in [1.29, 1.82) is 0 Å². The van der Waals surface area contributed by atoms with Crippen LogP contribution in [0.4, 0.5) is 5.69 Å². The van der Waals surface area contributed by atoms with E-state index < -0.39 is 0 Å². The molecule has 2 aromatic carbocycles. The lowest BCUT2D eigenvalue weighted by Gasteiger charge is -2.36. The molecule has 1 aromatic heterocycles. The summed E-state index contributed by atoms with van der Waals surface area (Å²) < 4.78 is 0. The molecule has 0 unspecified atom stereocenters. The van der Waals surface area contributed by atoms with E-state index in [0.29, 0.717) is 18.3 Å². The molecular weight excluding hydrogens is 424 g/mol. The molecule has 34 heavy (non-hydrogen) atoms. The van der Waals surface area contributed by atoms with Crippen LogP contribution >= 0.6 is 0 Å². The van der Waals surface area contributed by atoms with E-state index in [0.717, 1.165) is 61.1 Å². The second-order valence-electron chi connectivity index (χ2n) is 9.71. The number of hydrogen-bond acceptors (Lipinski definition) is 4. The zero-order valence-corrected chi connectivity index (χ0v) is 19.5. The smallest absolute Gasteiger partial charge is 0.230 e. The minimum absolute atomic E-state index is 0.0149. The third-order valence-corrected chi connectivity index (χ3v) is 7.45. The number of fused-ring (bicyclic) bond motifs is 1. The minimum Gasteiger partial charge on any atom is -0.342 e. The van der Waals surface area contributed by atoms with Crippen LogP contribution in [-0.4, -0.2) is 39.8 Å². The number of likely N-dealkylation sites (tertiary alicyclic amines) is 1. The zero-order valence-electron chi connectivity index (χ0n) is 19.5. The Morgan fingerprint density at radius 2 is 1.62 bits per heavy atom. The number of benzene rings is 2. The van der Waals surface area contributed by atoms with Crippen molar-refractivity contribution < 1.29 is 9.59 Å². The molecule has 2 heterocycles. The third-order valence-electron chi connectivity index (χ3n) is 7.45. The first-order chi connectivity index (χ1) is 16.7. The normalized spacial score (nSPS) is 18.2. The van der Waals surface area contributed by atoms with Gasteiger partial charge in [-0.15, -0.1) is 0 Å². The van der Waals surface area contributed by atoms with E-state index in [4.69, 9.17) is 0 Å². The average molecular weight is 457 g/mol. The fraction of sp³-hybridized carbons (Fsp3) is 0.429. The molecule has 1 saturated carbocycles. The lowest BCUT2D eigenvalue weighted by atomic mass is 9.83. The summed E-state index contributed by atoms with van der Waals surface area (Å²) in [5.74, 6) is 1.01. The van der Waals surface area contributed by atoms with Gasteiger partial charge in [-0.3, -0.25) is 19.6 Å². The van der Waals surface area contributed by atoms with Crippen LogP contribution in [0.15, 0.2) is 60.9 Å². The maximum atomic E-state index is 13.6. The lowest BCUT2D eigenvalue weighted by Crippen LogP contribution is -2.43. The molecule has 1 saturated heterocycles. The van der Waals surface area contributed by atoms with Crippen LogP contribution in [-0.2, 0) is 9.59 Å². The molecule has 1 atom stereocenters. The first-order valence-corrected chi connectivity index (χ1v) is 12.5. The Labute approximate surface area is 200 Å². The number of piperidine rings is 1. The van der Waals surface area contributed by atoms with E-state index in [1.165, 1.54) is 12.8 Å². The largest absolute Gasteiger partial charge is 0.342 e. The standard InChI is InChI=1S/C28H32N4O2/c33-26(31-23-10-11-24-25(19-23)30-15-14-29-24)18-20-12-16-32(17-13-20)28(34)27(22-8-4-5-9-22)21-6-2-1-3-7-21/h1-3,6-7,10-11,14-15,19-20,22,27H,4-5,8-9,12-13,16-18H2,(H,31,33)/t27-/m1/s1. The van der Waals surface area contributed by atoms with Crippen molar-refractivity contribution >= 4 is 28.5 Å². The highest BCUT2D eigenvalue weighted by atomic mass is 16.2. The molecule has 5 rings (SSSR count). The molecule has 176 valence electrons. The molecule has 2 fully saturated rings.